The highest BCUT2D eigenvalue weighted by atomic mass is 32.1. The zero-order valence-corrected chi connectivity index (χ0v) is 17.4. The first-order valence-corrected chi connectivity index (χ1v) is 11.3. The third-order valence-electron chi connectivity index (χ3n) is 5.75. The van der Waals surface area contributed by atoms with Crippen molar-refractivity contribution in [3.8, 4) is 0 Å². The Balaban J connectivity index is 1.51. The molecular weight excluding hydrogens is 386 g/mol. The van der Waals surface area contributed by atoms with Gasteiger partial charge in [0.1, 0.15) is 12.2 Å². The van der Waals surface area contributed by atoms with Gasteiger partial charge in [-0.15, -0.1) is 11.3 Å². The van der Waals surface area contributed by atoms with Crippen LogP contribution in [0.4, 0.5) is 0 Å². The molecule has 29 heavy (non-hydrogen) atoms. The highest BCUT2D eigenvalue weighted by molar-refractivity contribution is 7.07. The van der Waals surface area contributed by atoms with Gasteiger partial charge in [-0.3, -0.25) is 9.59 Å². The number of hydrogen-bond acceptors (Lipinski definition) is 5. The lowest BCUT2D eigenvalue weighted by atomic mass is 9.94. The predicted octanol–water partition coefficient (Wildman–Crippen LogP) is 3.35. The van der Waals surface area contributed by atoms with E-state index < -0.39 is 0 Å². The summed E-state index contributed by atoms with van der Waals surface area (Å²) in [6.45, 7) is 1.50. The lowest BCUT2D eigenvalue weighted by molar-refractivity contribution is -0.134. The second-order valence-electron chi connectivity index (χ2n) is 7.82. The van der Waals surface area contributed by atoms with Crippen molar-refractivity contribution in [3.63, 3.8) is 0 Å². The van der Waals surface area contributed by atoms with Crippen LogP contribution in [0.25, 0.3) is 0 Å². The summed E-state index contributed by atoms with van der Waals surface area (Å²) in [6.07, 6.45) is 5.41. The van der Waals surface area contributed by atoms with E-state index >= 15 is 0 Å². The van der Waals surface area contributed by atoms with Crippen molar-refractivity contribution >= 4 is 23.2 Å². The number of amides is 2. The van der Waals surface area contributed by atoms with E-state index in [0.717, 1.165) is 31.2 Å². The molecule has 0 bridgehead atoms. The fraction of sp³-hybridized carbons (Fsp3) is 0.500. The predicted molar refractivity (Wildman–Crippen MR) is 112 cm³/mol. The summed E-state index contributed by atoms with van der Waals surface area (Å²) in [6, 6.07) is 10.3. The summed E-state index contributed by atoms with van der Waals surface area (Å²) in [5.41, 5.74) is 3.13. The molecule has 4 rings (SSSR count). The number of carbonyl (C=O) groups excluding carboxylic acids is 2. The first-order chi connectivity index (χ1) is 14.2. The SMILES string of the molecule is O=C(c1cscn1)N1CC(=O)N(C2CCCCC2)C[C@@H](OCc2ccccc2)C1. The molecule has 1 saturated heterocycles. The Morgan fingerprint density at radius 3 is 2.66 bits per heavy atom. The first kappa shape index (κ1) is 20.0. The average molecular weight is 414 g/mol. The third kappa shape index (κ3) is 5.03. The molecule has 2 amide bonds. The molecule has 1 atom stereocenters. The molecule has 1 aliphatic heterocycles. The van der Waals surface area contributed by atoms with Crippen LogP contribution < -0.4 is 0 Å². The Labute approximate surface area is 175 Å². The molecule has 0 spiro atoms. The lowest BCUT2D eigenvalue weighted by Crippen LogP contribution is -2.46. The monoisotopic (exact) mass is 413 g/mol. The van der Waals surface area contributed by atoms with Gasteiger partial charge in [0.25, 0.3) is 5.91 Å². The van der Waals surface area contributed by atoms with Gasteiger partial charge in [0.2, 0.25) is 5.91 Å². The van der Waals surface area contributed by atoms with E-state index in [1.807, 2.05) is 35.2 Å². The third-order valence-corrected chi connectivity index (χ3v) is 6.34. The van der Waals surface area contributed by atoms with Gasteiger partial charge >= 0.3 is 0 Å². The fourth-order valence-electron chi connectivity index (χ4n) is 4.22. The molecule has 1 aromatic heterocycles. The van der Waals surface area contributed by atoms with Crippen molar-refractivity contribution in [1.29, 1.82) is 0 Å². The van der Waals surface area contributed by atoms with Crippen molar-refractivity contribution in [2.24, 2.45) is 0 Å². The summed E-state index contributed by atoms with van der Waals surface area (Å²) < 4.78 is 6.21. The van der Waals surface area contributed by atoms with Crippen LogP contribution >= 0.6 is 11.3 Å². The number of benzene rings is 1. The molecule has 1 aliphatic carbocycles. The quantitative estimate of drug-likeness (QED) is 0.754. The Kier molecular flexibility index (Phi) is 6.56. The van der Waals surface area contributed by atoms with Crippen LogP contribution in [-0.2, 0) is 16.1 Å². The normalized spacial score (nSPS) is 21.2. The molecule has 2 aliphatic rings. The van der Waals surface area contributed by atoms with Gasteiger partial charge in [0.15, 0.2) is 0 Å². The highest BCUT2D eigenvalue weighted by Crippen LogP contribution is 2.25. The van der Waals surface area contributed by atoms with E-state index in [0.29, 0.717) is 25.4 Å². The Bertz CT molecular complexity index is 806. The molecule has 1 aromatic carbocycles. The zero-order valence-electron chi connectivity index (χ0n) is 16.5. The summed E-state index contributed by atoms with van der Waals surface area (Å²) in [5.74, 6) is -0.176. The van der Waals surface area contributed by atoms with Gasteiger partial charge in [-0.2, -0.15) is 0 Å². The van der Waals surface area contributed by atoms with Crippen LogP contribution in [0.1, 0.15) is 48.2 Å². The number of nitrogens with zero attached hydrogens (tertiary/aromatic N) is 3. The Morgan fingerprint density at radius 2 is 1.93 bits per heavy atom. The van der Waals surface area contributed by atoms with Crippen molar-refractivity contribution in [1.82, 2.24) is 14.8 Å². The van der Waals surface area contributed by atoms with Gasteiger partial charge in [-0.1, -0.05) is 49.6 Å². The van der Waals surface area contributed by atoms with E-state index in [-0.39, 0.29) is 30.5 Å². The van der Waals surface area contributed by atoms with Crippen LogP contribution in [0.15, 0.2) is 41.2 Å². The Hall–Kier alpha value is -2.25. The number of aromatic nitrogens is 1. The number of ether oxygens (including phenoxy) is 1. The highest BCUT2D eigenvalue weighted by Gasteiger charge is 2.35. The van der Waals surface area contributed by atoms with E-state index in [4.69, 9.17) is 4.74 Å². The number of hydrogen-bond donors (Lipinski definition) is 0. The minimum absolute atomic E-state index is 0.0197. The average Bonchev–Trinajstić information content (AvgIpc) is 3.24. The molecule has 2 fully saturated rings. The fourth-order valence-corrected chi connectivity index (χ4v) is 4.74. The first-order valence-electron chi connectivity index (χ1n) is 10.3. The van der Waals surface area contributed by atoms with Crippen molar-refractivity contribution in [3.05, 3.63) is 52.5 Å². The molecule has 1 saturated carbocycles. The molecule has 0 N–H and O–H groups in total. The summed E-state index contributed by atoms with van der Waals surface area (Å²) >= 11 is 1.38. The van der Waals surface area contributed by atoms with Gasteiger partial charge in [0, 0.05) is 24.5 Å². The summed E-state index contributed by atoms with van der Waals surface area (Å²) in [7, 11) is 0. The van der Waals surface area contributed by atoms with E-state index in [2.05, 4.69) is 4.98 Å². The van der Waals surface area contributed by atoms with E-state index in [1.165, 1.54) is 17.8 Å². The van der Waals surface area contributed by atoms with Crippen molar-refractivity contribution in [2.45, 2.75) is 50.9 Å². The van der Waals surface area contributed by atoms with E-state index in [9.17, 15) is 9.59 Å². The zero-order chi connectivity index (χ0) is 20.1. The summed E-state index contributed by atoms with van der Waals surface area (Å²) in [5, 5.41) is 1.73. The maximum Gasteiger partial charge on any atom is 0.273 e. The van der Waals surface area contributed by atoms with Crippen molar-refractivity contribution in [2.75, 3.05) is 19.6 Å². The lowest BCUT2D eigenvalue weighted by Gasteiger charge is -2.34. The Morgan fingerprint density at radius 1 is 1.14 bits per heavy atom. The van der Waals surface area contributed by atoms with Crippen LogP contribution in [-0.4, -0.2) is 58.4 Å². The van der Waals surface area contributed by atoms with Gasteiger partial charge in [-0.25, -0.2) is 4.98 Å². The molecule has 6 nitrogen and oxygen atoms in total. The molecule has 2 heterocycles. The minimum Gasteiger partial charge on any atom is -0.370 e. The van der Waals surface area contributed by atoms with Gasteiger partial charge in [0.05, 0.1) is 18.2 Å². The standard InChI is InChI=1S/C22H27N3O3S/c26-21-13-24(22(27)20-15-29-16-23-20)11-19(28-14-17-7-3-1-4-8-17)12-25(21)18-9-5-2-6-10-18/h1,3-4,7-8,15-16,18-19H,2,5-6,9-14H2/t19-/m0/s1. The van der Waals surface area contributed by atoms with Gasteiger partial charge in [-0.05, 0) is 18.4 Å². The van der Waals surface area contributed by atoms with Crippen LogP contribution in [0, 0.1) is 0 Å². The minimum atomic E-state index is -0.217. The molecule has 154 valence electrons. The summed E-state index contributed by atoms with van der Waals surface area (Å²) in [4.78, 5) is 33.7. The van der Waals surface area contributed by atoms with Crippen molar-refractivity contribution < 1.29 is 14.3 Å². The largest absolute Gasteiger partial charge is 0.370 e. The van der Waals surface area contributed by atoms with Crippen LogP contribution in [0.2, 0.25) is 0 Å². The second kappa shape index (κ2) is 9.50. The van der Waals surface area contributed by atoms with E-state index in [1.54, 1.807) is 15.8 Å². The number of carbonyl (C=O) groups is 2. The number of thiazole rings is 1. The molecule has 0 radical (unpaired) electrons. The van der Waals surface area contributed by atoms with Crippen LogP contribution in [0.3, 0.4) is 0 Å². The van der Waals surface area contributed by atoms with Crippen LogP contribution in [0.5, 0.6) is 0 Å². The molecule has 0 unspecified atom stereocenters. The molecule has 7 heteroatoms. The number of rotatable bonds is 5. The topological polar surface area (TPSA) is 62.7 Å². The second-order valence-corrected chi connectivity index (χ2v) is 8.53. The van der Waals surface area contributed by atoms with Gasteiger partial charge < -0.3 is 14.5 Å². The maximum absolute atomic E-state index is 13.1. The maximum atomic E-state index is 13.1. The smallest absolute Gasteiger partial charge is 0.273 e. The molecular formula is C22H27N3O3S. The molecule has 2 aromatic rings.